The lowest BCUT2D eigenvalue weighted by Crippen LogP contribution is -2.24. The molecule has 164 valence electrons. The van der Waals surface area contributed by atoms with Crippen molar-refractivity contribution in [1.29, 1.82) is 0 Å². The van der Waals surface area contributed by atoms with Gasteiger partial charge in [-0.15, -0.1) is 5.10 Å². The van der Waals surface area contributed by atoms with Crippen molar-refractivity contribution in [3.8, 4) is 28.2 Å². The highest BCUT2D eigenvalue weighted by atomic mass is 19.2. The molecule has 1 aliphatic rings. The molecule has 3 aromatic heterocycles. The summed E-state index contributed by atoms with van der Waals surface area (Å²) in [4.78, 5) is 6.69. The number of hydrogen-bond acceptors (Lipinski definition) is 7. The highest BCUT2D eigenvalue weighted by molar-refractivity contribution is 5.76. The molecule has 0 unspecified atom stereocenters. The van der Waals surface area contributed by atoms with E-state index in [0.29, 0.717) is 5.56 Å². The number of nitrogens with zero attached hydrogens (tertiary/aromatic N) is 8. The summed E-state index contributed by atoms with van der Waals surface area (Å²) in [7, 11) is 0. The molecule has 0 radical (unpaired) electrons. The predicted molar refractivity (Wildman–Crippen MR) is 114 cm³/mol. The van der Waals surface area contributed by atoms with Crippen LogP contribution in [0.1, 0.15) is 12.8 Å². The van der Waals surface area contributed by atoms with Gasteiger partial charge in [0.1, 0.15) is 11.5 Å². The molecule has 0 bridgehead atoms. The highest BCUT2D eigenvalue weighted by Gasteiger charge is 2.20. The number of anilines is 1. The maximum absolute atomic E-state index is 14.3. The van der Waals surface area contributed by atoms with Gasteiger partial charge >= 0.3 is 0 Å². The number of nitrogen functional groups attached to an aromatic ring is 1. The van der Waals surface area contributed by atoms with E-state index in [0.717, 1.165) is 48.1 Å². The van der Waals surface area contributed by atoms with Crippen LogP contribution in [0.3, 0.4) is 0 Å². The highest BCUT2D eigenvalue weighted by Crippen LogP contribution is 2.30. The van der Waals surface area contributed by atoms with Crippen molar-refractivity contribution < 1.29 is 8.78 Å². The van der Waals surface area contributed by atoms with E-state index in [9.17, 15) is 8.78 Å². The van der Waals surface area contributed by atoms with E-state index in [2.05, 4.69) is 30.5 Å². The molecule has 0 atom stereocenters. The number of nitrogens with two attached hydrogens (primary N) is 1. The molecule has 4 heterocycles. The van der Waals surface area contributed by atoms with E-state index in [1.807, 2.05) is 10.9 Å². The van der Waals surface area contributed by atoms with Crippen LogP contribution in [0.25, 0.3) is 28.2 Å². The van der Waals surface area contributed by atoms with Crippen LogP contribution < -0.4 is 5.73 Å². The third kappa shape index (κ3) is 3.82. The molecule has 1 aliphatic heterocycles. The lowest BCUT2D eigenvalue weighted by Gasteiger charge is -2.13. The van der Waals surface area contributed by atoms with Crippen LogP contribution in [0.4, 0.5) is 14.6 Å². The number of benzene rings is 1. The fourth-order valence-corrected chi connectivity index (χ4v) is 3.87. The van der Waals surface area contributed by atoms with Crippen molar-refractivity contribution in [3.05, 3.63) is 54.5 Å². The molecule has 2 N–H and O–H groups in total. The normalized spacial score (nSPS) is 14.3. The van der Waals surface area contributed by atoms with Crippen LogP contribution in [-0.2, 0) is 6.54 Å². The van der Waals surface area contributed by atoms with E-state index in [1.54, 1.807) is 18.5 Å². The van der Waals surface area contributed by atoms with Crippen LogP contribution in [0.15, 0.2) is 42.9 Å². The Morgan fingerprint density at radius 3 is 2.72 bits per heavy atom. The fraction of sp³-hybridized carbons (Fsp3) is 0.286. The number of halogens is 2. The van der Waals surface area contributed by atoms with Crippen molar-refractivity contribution in [3.63, 3.8) is 0 Å². The average molecular weight is 437 g/mol. The van der Waals surface area contributed by atoms with Gasteiger partial charge in [0.15, 0.2) is 17.5 Å². The SMILES string of the molecule is Nc1ncc(-c2cnn(CCN3CCCC3)c2)cc1-c1nnnn1-c1cccc(F)c1F. The Balaban J connectivity index is 1.45. The van der Waals surface area contributed by atoms with Gasteiger partial charge in [0.05, 0.1) is 18.3 Å². The first-order valence-corrected chi connectivity index (χ1v) is 10.3. The zero-order valence-corrected chi connectivity index (χ0v) is 17.2. The maximum Gasteiger partial charge on any atom is 0.190 e. The van der Waals surface area contributed by atoms with Gasteiger partial charge in [-0.2, -0.15) is 9.78 Å². The van der Waals surface area contributed by atoms with Gasteiger partial charge in [0.25, 0.3) is 0 Å². The molecule has 1 saturated heterocycles. The summed E-state index contributed by atoms with van der Waals surface area (Å²) in [5, 5.41) is 15.9. The smallest absolute Gasteiger partial charge is 0.190 e. The molecule has 4 aromatic rings. The van der Waals surface area contributed by atoms with Gasteiger partial charge < -0.3 is 10.6 Å². The molecule has 0 amide bonds. The van der Waals surface area contributed by atoms with Crippen molar-refractivity contribution in [1.82, 2.24) is 39.9 Å². The van der Waals surface area contributed by atoms with Crippen LogP contribution >= 0.6 is 0 Å². The molecule has 0 aliphatic carbocycles. The summed E-state index contributed by atoms with van der Waals surface area (Å²) in [6.45, 7) is 4.03. The molecular weight excluding hydrogens is 416 g/mol. The fourth-order valence-electron chi connectivity index (χ4n) is 3.87. The molecule has 1 fully saturated rings. The van der Waals surface area contributed by atoms with Crippen molar-refractivity contribution in [2.75, 3.05) is 25.4 Å². The Morgan fingerprint density at radius 2 is 1.88 bits per heavy atom. The standard InChI is InChI=1S/C21H21F2N9/c22-17-4-3-5-18(19(17)23)32-21(27-28-29-32)16-10-14(11-25-20(16)24)15-12-26-31(13-15)9-8-30-6-1-2-7-30/h3-5,10-13H,1-2,6-9H2,(H2,24,25). The minimum Gasteiger partial charge on any atom is -0.383 e. The first-order chi connectivity index (χ1) is 15.6. The second-order valence-electron chi connectivity index (χ2n) is 7.68. The van der Waals surface area contributed by atoms with Gasteiger partial charge in [-0.05, 0) is 54.6 Å². The Morgan fingerprint density at radius 1 is 1.03 bits per heavy atom. The van der Waals surface area contributed by atoms with Crippen molar-refractivity contribution in [2.45, 2.75) is 19.4 Å². The largest absolute Gasteiger partial charge is 0.383 e. The number of pyridine rings is 1. The zero-order valence-electron chi connectivity index (χ0n) is 17.2. The average Bonchev–Trinajstić information content (AvgIpc) is 3.56. The summed E-state index contributed by atoms with van der Waals surface area (Å²) >= 11 is 0. The lowest BCUT2D eigenvalue weighted by molar-refractivity contribution is 0.316. The topological polar surface area (TPSA) is 104 Å². The number of tetrazole rings is 1. The summed E-state index contributed by atoms with van der Waals surface area (Å²) in [5.41, 5.74) is 7.98. The van der Waals surface area contributed by atoms with Gasteiger partial charge in [-0.25, -0.2) is 13.8 Å². The number of likely N-dealkylation sites (tertiary alicyclic amines) is 1. The molecule has 0 saturated carbocycles. The van der Waals surface area contributed by atoms with Crippen LogP contribution in [0.2, 0.25) is 0 Å². The quantitative estimate of drug-likeness (QED) is 0.494. The van der Waals surface area contributed by atoms with E-state index >= 15 is 0 Å². The molecule has 0 spiro atoms. The van der Waals surface area contributed by atoms with Crippen LogP contribution in [-0.4, -0.2) is 59.5 Å². The second kappa shape index (κ2) is 8.42. The summed E-state index contributed by atoms with van der Waals surface area (Å²) < 4.78 is 31.1. The summed E-state index contributed by atoms with van der Waals surface area (Å²) in [6, 6.07) is 5.56. The van der Waals surface area contributed by atoms with E-state index in [4.69, 9.17) is 5.73 Å². The molecule has 1 aromatic carbocycles. The van der Waals surface area contributed by atoms with Gasteiger partial charge in [-0.3, -0.25) is 4.68 Å². The summed E-state index contributed by atoms with van der Waals surface area (Å²) in [6.07, 6.45) is 7.85. The monoisotopic (exact) mass is 437 g/mol. The third-order valence-electron chi connectivity index (χ3n) is 5.60. The Kier molecular flexibility index (Phi) is 5.31. The second-order valence-corrected chi connectivity index (χ2v) is 7.68. The zero-order chi connectivity index (χ0) is 22.1. The number of hydrogen-bond donors (Lipinski definition) is 1. The number of aromatic nitrogens is 7. The van der Waals surface area contributed by atoms with Gasteiger partial charge in [0, 0.05) is 30.1 Å². The minimum atomic E-state index is -1.05. The summed E-state index contributed by atoms with van der Waals surface area (Å²) in [5.74, 6) is -1.72. The molecule has 32 heavy (non-hydrogen) atoms. The molecule has 11 heteroatoms. The first kappa shape index (κ1) is 20.2. The number of rotatable bonds is 6. The van der Waals surface area contributed by atoms with Crippen molar-refractivity contribution >= 4 is 5.82 Å². The van der Waals surface area contributed by atoms with Crippen molar-refractivity contribution in [2.24, 2.45) is 0 Å². The Labute approximate surface area is 182 Å². The minimum absolute atomic E-state index is 0.121. The lowest BCUT2D eigenvalue weighted by atomic mass is 10.1. The van der Waals surface area contributed by atoms with Crippen LogP contribution in [0, 0.1) is 11.6 Å². The first-order valence-electron chi connectivity index (χ1n) is 10.3. The Hall–Kier alpha value is -3.73. The van der Waals surface area contributed by atoms with E-state index in [1.165, 1.54) is 25.0 Å². The maximum atomic E-state index is 14.3. The van der Waals surface area contributed by atoms with E-state index in [-0.39, 0.29) is 17.3 Å². The Bertz CT molecular complexity index is 1240. The third-order valence-corrected chi connectivity index (χ3v) is 5.60. The molecule has 9 nitrogen and oxygen atoms in total. The van der Waals surface area contributed by atoms with Gasteiger partial charge in [-0.1, -0.05) is 6.07 Å². The molecule has 5 rings (SSSR count). The van der Waals surface area contributed by atoms with E-state index < -0.39 is 11.6 Å². The van der Waals surface area contributed by atoms with Crippen LogP contribution in [0.5, 0.6) is 0 Å². The predicted octanol–water partition coefficient (Wildman–Crippen LogP) is 2.54. The molecular formula is C21H21F2N9. The van der Waals surface area contributed by atoms with Gasteiger partial charge in [0.2, 0.25) is 0 Å².